The van der Waals surface area contributed by atoms with Gasteiger partial charge in [-0.1, -0.05) is 11.6 Å². The van der Waals surface area contributed by atoms with E-state index < -0.39 is 23.1 Å². The molecule has 1 heterocycles. The Balaban J connectivity index is 3.18. The van der Waals surface area contributed by atoms with Crippen LogP contribution >= 0.6 is 11.6 Å². The quantitative estimate of drug-likeness (QED) is 0.607. The van der Waals surface area contributed by atoms with E-state index in [1.807, 2.05) is 0 Å². The molecule has 0 spiro atoms. The summed E-state index contributed by atoms with van der Waals surface area (Å²) < 4.78 is 5.55. The van der Waals surface area contributed by atoms with Gasteiger partial charge in [-0.3, -0.25) is 14.9 Å². The van der Waals surface area contributed by atoms with Crippen molar-refractivity contribution in [3.05, 3.63) is 21.0 Å². The molecule has 0 aliphatic rings. The molecule has 0 amide bonds. The number of halogens is 1. The smallest absolute Gasteiger partial charge is 0.331 e. The largest absolute Gasteiger partial charge is 0.480 e. The summed E-state index contributed by atoms with van der Waals surface area (Å²) in [4.78, 5) is 20.4. The highest BCUT2D eigenvalue weighted by atomic mass is 35.5. The topological polar surface area (TPSA) is 107 Å². The lowest BCUT2D eigenvalue weighted by Crippen LogP contribution is -2.10. The van der Waals surface area contributed by atoms with Gasteiger partial charge in [0.2, 0.25) is 5.15 Å². The molecule has 0 saturated carbocycles. The Morgan fingerprint density at radius 3 is 2.81 bits per heavy atom. The van der Waals surface area contributed by atoms with Crippen molar-refractivity contribution in [2.45, 2.75) is 13.2 Å². The third-order valence-electron chi connectivity index (χ3n) is 1.69. The SMILES string of the molecule is COCc1nn(CC(=O)O)c(Cl)c1[N+](=O)[O-]. The van der Waals surface area contributed by atoms with Crippen molar-refractivity contribution >= 4 is 23.3 Å². The van der Waals surface area contributed by atoms with Crippen LogP contribution in [0.1, 0.15) is 5.69 Å². The molecule has 0 aromatic carbocycles. The van der Waals surface area contributed by atoms with Gasteiger partial charge >= 0.3 is 11.7 Å². The summed E-state index contributed by atoms with van der Waals surface area (Å²) in [6.45, 7) is -0.647. The second-order valence-electron chi connectivity index (χ2n) is 2.83. The predicted octanol–water partition coefficient (Wildman–Crippen LogP) is 0.676. The number of nitro groups is 1. The van der Waals surface area contributed by atoms with Crippen molar-refractivity contribution in [1.82, 2.24) is 9.78 Å². The lowest BCUT2D eigenvalue weighted by Gasteiger charge is -1.95. The predicted molar refractivity (Wildman–Crippen MR) is 52.2 cm³/mol. The first kappa shape index (κ1) is 12.4. The zero-order chi connectivity index (χ0) is 12.3. The third-order valence-corrected chi connectivity index (χ3v) is 2.06. The second kappa shape index (κ2) is 4.90. The fourth-order valence-corrected chi connectivity index (χ4v) is 1.40. The molecule has 1 rings (SSSR count). The van der Waals surface area contributed by atoms with Gasteiger partial charge in [0.25, 0.3) is 0 Å². The van der Waals surface area contributed by atoms with E-state index in [4.69, 9.17) is 21.4 Å². The number of hydrogen-bond acceptors (Lipinski definition) is 5. The van der Waals surface area contributed by atoms with Gasteiger partial charge in [0, 0.05) is 7.11 Å². The molecule has 1 aromatic rings. The van der Waals surface area contributed by atoms with Crippen LogP contribution in [0.5, 0.6) is 0 Å². The number of ether oxygens (including phenoxy) is 1. The number of carboxylic acid groups (broad SMARTS) is 1. The van der Waals surface area contributed by atoms with Gasteiger partial charge in [0.05, 0.1) is 11.5 Å². The number of carbonyl (C=O) groups is 1. The van der Waals surface area contributed by atoms with E-state index in [0.717, 1.165) is 4.68 Å². The molecule has 0 unspecified atom stereocenters. The van der Waals surface area contributed by atoms with Gasteiger partial charge in [0.15, 0.2) is 5.69 Å². The van der Waals surface area contributed by atoms with Crippen LogP contribution in [0.3, 0.4) is 0 Å². The van der Waals surface area contributed by atoms with Crippen LogP contribution in [0.15, 0.2) is 0 Å². The number of hydrogen-bond donors (Lipinski definition) is 1. The molecule has 16 heavy (non-hydrogen) atoms. The highest BCUT2D eigenvalue weighted by molar-refractivity contribution is 6.31. The molecular formula is C7H8ClN3O5. The molecule has 88 valence electrons. The number of nitrogens with zero attached hydrogens (tertiary/aromatic N) is 3. The standard InChI is InChI=1S/C7H8ClN3O5/c1-16-3-4-6(11(14)15)7(8)10(9-4)2-5(12)13/h2-3H2,1H3,(H,12,13). The fourth-order valence-electron chi connectivity index (χ4n) is 1.13. The lowest BCUT2D eigenvalue weighted by molar-refractivity contribution is -0.385. The van der Waals surface area contributed by atoms with Gasteiger partial charge in [-0.25, -0.2) is 4.68 Å². The molecule has 0 saturated heterocycles. The van der Waals surface area contributed by atoms with E-state index in [2.05, 4.69) is 5.10 Å². The van der Waals surface area contributed by atoms with E-state index >= 15 is 0 Å². The Kier molecular flexibility index (Phi) is 3.80. The van der Waals surface area contributed by atoms with Crippen LogP contribution in [0, 0.1) is 10.1 Å². The van der Waals surface area contributed by atoms with Gasteiger partial charge in [0.1, 0.15) is 6.54 Å². The molecule has 0 aliphatic heterocycles. The Bertz CT molecular complexity index is 430. The molecule has 8 nitrogen and oxygen atoms in total. The Morgan fingerprint density at radius 2 is 2.38 bits per heavy atom. The minimum absolute atomic E-state index is 0.00116. The van der Waals surface area contributed by atoms with Crippen LogP contribution in [-0.2, 0) is 22.7 Å². The zero-order valence-electron chi connectivity index (χ0n) is 8.21. The van der Waals surface area contributed by atoms with E-state index in [1.54, 1.807) is 0 Å². The monoisotopic (exact) mass is 249 g/mol. The zero-order valence-corrected chi connectivity index (χ0v) is 8.97. The van der Waals surface area contributed by atoms with Gasteiger partial charge < -0.3 is 9.84 Å². The Morgan fingerprint density at radius 1 is 1.75 bits per heavy atom. The maximum Gasteiger partial charge on any atom is 0.331 e. The van der Waals surface area contributed by atoms with Crippen molar-refractivity contribution in [3.8, 4) is 0 Å². The van der Waals surface area contributed by atoms with Crippen molar-refractivity contribution in [2.75, 3.05) is 7.11 Å². The molecule has 0 bridgehead atoms. The first-order valence-corrected chi connectivity index (χ1v) is 4.45. The maximum atomic E-state index is 10.7. The Hall–Kier alpha value is -1.67. The summed E-state index contributed by atoms with van der Waals surface area (Å²) in [6.07, 6.45) is 0. The number of aliphatic carboxylic acids is 1. The molecule has 0 fully saturated rings. The number of methoxy groups -OCH3 is 1. The molecule has 0 aliphatic carbocycles. The molecule has 0 atom stereocenters. The first-order chi connectivity index (χ1) is 7.47. The van der Waals surface area contributed by atoms with E-state index in [1.165, 1.54) is 7.11 Å². The number of rotatable bonds is 5. The van der Waals surface area contributed by atoms with Crippen LogP contribution in [0.25, 0.3) is 0 Å². The summed E-state index contributed by atoms with van der Waals surface area (Å²) in [6, 6.07) is 0. The minimum Gasteiger partial charge on any atom is -0.480 e. The first-order valence-electron chi connectivity index (χ1n) is 4.07. The van der Waals surface area contributed by atoms with Crippen LogP contribution < -0.4 is 0 Å². The Labute approximate surface area is 94.5 Å². The third kappa shape index (κ3) is 2.47. The summed E-state index contributed by atoms with van der Waals surface area (Å²) >= 11 is 5.64. The lowest BCUT2D eigenvalue weighted by atomic mass is 10.4. The molecular weight excluding hydrogens is 242 g/mol. The van der Waals surface area contributed by atoms with E-state index in [9.17, 15) is 14.9 Å². The molecule has 1 aromatic heterocycles. The second-order valence-corrected chi connectivity index (χ2v) is 3.19. The van der Waals surface area contributed by atoms with Gasteiger partial charge in [-0.05, 0) is 0 Å². The summed E-state index contributed by atoms with van der Waals surface area (Å²) in [5.74, 6) is -1.19. The average molecular weight is 250 g/mol. The van der Waals surface area contributed by atoms with Crippen molar-refractivity contribution < 1.29 is 19.6 Å². The molecule has 9 heteroatoms. The van der Waals surface area contributed by atoms with Gasteiger partial charge in [-0.2, -0.15) is 5.10 Å². The minimum atomic E-state index is -1.19. The summed E-state index contributed by atoms with van der Waals surface area (Å²) in [5, 5.41) is 22.6. The normalized spacial score (nSPS) is 10.4. The molecule has 1 N–H and O–H groups in total. The number of aromatic nitrogens is 2. The number of carboxylic acids is 1. The highest BCUT2D eigenvalue weighted by Gasteiger charge is 2.27. The summed E-state index contributed by atoms with van der Waals surface area (Å²) in [5.41, 5.74) is -0.427. The van der Waals surface area contributed by atoms with Crippen molar-refractivity contribution in [3.63, 3.8) is 0 Å². The fraction of sp³-hybridized carbons (Fsp3) is 0.429. The average Bonchev–Trinajstić information content (AvgIpc) is 2.43. The highest BCUT2D eigenvalue weighted by Crippen LogP contribution is 2.28. The van der Waals surface area contributed by atoms with Gasteiger partial charge in [-0.15, -0.1) is 0 Å². The van der Waals surface area contributed by atoms with E-state index in [-0.39, 0.29) is 17.5 Å². The van der Waals surface area contributed by atoms with Crippen LogP contribution in [0.4, 0.5) is 5.69 Å². The van der Waals surface area contributed by atoms with Crippen LogP contribution in [-0.4, -0.2) is 32.9 Å². The maximum absolute atomic E-state index is 10.7. The van der Waals surface area contributed by atoms with Crippen molar-refractivity contribution in [1.29, 1.82) is 0 Å². The molecule has 0 radical (unpaired) electrons. The van der Waals surface area contributed by atoms with Crippen LogP contribution in [0.2, 0.25) is 5.15 Å². The summed E-state index contributed by atoms with van der Waals surface area (Å²) in [7, 11) is 1.34. The van der Waals surface area contributed by atoms with E-state index in [0.29, 0.717) is 0 Å². The van der Waals surface area contributed by atoms with Crippen molar-refractivity contribution in [2.24, 2.45) is 0 Å².